The zero-order valence-electron chi connectivity index (χ0n) is 10.8. The van der Waals surface area contributed by atoms with Gasteiger partial charge in [0.25, 0.3) is 5.91 Å². The summed E-state index contributed by atoms with van der Waals surface area (Å²) in [6.45, 7) is -0.506. The third-order valence-corrected chi connectivity index (χ3v) is 3.29. The molecule has 0 saturated carbocycles. The zero-order chi connectivity index (χ0) is 15.2. The molecule has 0 saturated heterocycles. The summed E-state index contributed by atoms with van der Waals surface area (Å²) in [6.07, 6.45) is 0. The molecular formula is C15H11INO4-. The predicted octanol–water partition coefficient (Wildman–Crippen LogP) is 1.67. The molecule has 5 nitrogen and oxygen atoms in total. The van der Waals surface area contributed by atoms with Crippen molar-refractivity contribution in [3.63, 3.8) is 0 Å². The van der Waals surface area contributed by atoms with Crippen LogP contribution in [-0.4, -0.2) is 18.5 Å². The molecule has 0 aliphatic heterocycles. The van der Waals surface area contributed by atoms with Gasteiger partial charge in [-0.3, -0.25) is 4.79 Å². The summed E-state index contributed by atoms with van der Waals surface area (Å²) >= 11 is 2.17. The van der Waals surface area contributed by atoms with E-state index in [1.165, 1.54) is 0 Å². The fourth-order valence-electron chi connectivity index (χ4n) is 1.58. The Kier molecular flexibility index (Phi) is 5.15. The van der Waals surface area contributed by atoms with Gasteiger partial charge in [0.1, 0.15) is 12.4 Å². The summed E-state index contributed by atoms with van der Waals surface area (Å²) in [5.41, 5.74) is 1.16. The van der Waals surface area contributed by atoms with Crippen molar-refractivity contribution in [1.82, 2.24) is 0 Å². The lowest BCUT2D eigenvalue weighted by Crippen LogP contribution is -2.28. The average molecular weight is 396 g/mol. The SMILES string of the molecule is O=C([O-])COc1ccc(NC(=O)c2ccc(I)cc2)cc1. The highest BCUT2D eigenvalue weighted by molar-refractivity contribution is 14.1. The summed E-state index contributed by atoms with van der Waals surface area (Å²) < 4.78 is 6.00. The number of hydrogen-bond donors (Lipinski definition) is 1. The van der Waals surface area contributed by atoms with Crippen molar-refractivity contribution in [3.8, 4) is 5.75 Å². The molecule has 0 aliphatic rings. The Bertz CT molecular complexity index is 638. The van der Waals surface area contributed by atoms with Crippen LogP contribution in [0.4, 0.5) is 5.69 Å². The number of hydrogen-bond acceptors (Lipinski definition) is 4. The van der Waals surface area contributed by atoms with Crippen molar-refractivity contribution < 1.29 is 19.4 Å². The third kappa shape index (κ3) is 4.75. The minimum atomic E-state index is -1.29. The Morgan fingerprint density at radius 1 is 1.05 bits per heavy atom. The van der Waals surface area contributed by atoms with E-state index in [2.05, 4.69) is 27.9 Å². The number of rotatable bonds is 5. The summed E-state index contributed by atoms with van der Waals surface area (Å²) in [7, 11) is 0. The van der Waals surface area contributed by atoms with Gasteiger partial charge in [-0.05, 0) is 71.1 Å². The first-order valence-corrected chi connectivity index (χ1v) is 7.12. The molecule has 2 aromatic carbocycles. The lowest BCUT2D eigenvalue weighted by Gasteiger charge is -2.08. The molecule has 6 heteroatoms. The van der Waals surface area contributed by atoms with Crippen LogP contribution in [0.1, 0.15) is 10.4 Å². The zero-order valence-corrected chi connectivity index (χ0v) is 13.0. The largest absolute Gasteiger partial charge is 0.546 e. The summed E-state index contributed by atoms with van der Waals surface area (Å²) in [4.78, 5) is 22.3. The second-order valence-electron chi connectivity index (χ2n) is 4.15. The average Bonchev–Trinajstić information content (AvgIpc) is 2.47. The topological polar surface area (TPSA) is 78.5 Å². The Morgan fingerprint density at radius 2 is 1.67 bits per heavy atom. The molecule has 108 valence electrons. The number of carbonyl (C=O) groups is 2. The normalized spacial score (nSPS) is 9.95. The number of benzene rings is 2. The number of nitrogens with one attached hydrogen (secondary N) is 1. The Hall–Kier alpha value is -2.09. The number of aliphatic carboxylic acids is 1. The maximum absolute atomic E-state index is 12.0. The fraction of sp³-hybridized carbons (Fsp3) is 0.0667. The van der Waals surface area contributed by atoms with Crippen molar-refractivity contribution in [1.29, 1.82) is 0 Å². The molecule has 0 aromatic heterocycles. The van der Waals surface area contributed by atoms with Crippen molar-refractivity contribution in [2.75, 3.05) is 11.9 Å². The highest BCUT2D eigenvalue weighted by Gasteiger charge is 2.05. The Morgan fingerprint density at radius 3 is 2.24 bits per heavy atom. The highest BCUT2D eigenvalue weighted by atomic mass is 127. The number of carboxylic acids is 1. The number of ether oxygens (including phenoxy) is 1. The number of carboxylic acid groups (broad SMARTS) is 1. The minimum Gasteiger partial charge on any atom is -0.546 e. The van der Waals surface area contributed by atoms with Crippen LogP contribution in [-0.2, 0) is 4.79 Å². The molecule has 0 aliphatic carbocycles. The predicted molar refractivity (Wildman–Crippen MR) is 84.1 cm³/mol. The van der Waals surface area contributed by atoms with Crippen LogP contribution < -0.4 is 15.2 Å². The van der Waals surface area contributed by atoms with Crippen LogP contribution >= 0.6 is 22.6 Å². The van der Waals surface area contributed by atoms with Gasteiger partial charge in [0.15, 0.2) is 0 Å². The van der Waals surface area contributed by atoms with Gasteiger partial charge in [-0.2, -0.15) is 0 Å². The first-order valence-electron chi connectivity index (χ1n) is 6.04. The van der Waals surface area contributed by atoms with Crippen LogP contribution in [0.3, 0.4) is 0 Å². The summed E-state index contributed by atoms with van der Waals surface area (Å²) in [6, 6.07) is 13.6. The summed E-state index contributed by atoms with van der Waals surface area (Å²) in [5.74, 6) is -1.10. The number of halogens is 1. The monoisotopic (exact) mass is 396 g/mol. The standard InChI is InChI=1S/C15H12INO4/c16-11-3-1-10(2-4-11)15(20)17-12-5-7-13(8-6-12)21-9-14(18)19/h1-8H,9H2,(H,17,20)(H,18,19)/p-1. The van der Waals surface area contributed by atoms with E-state index in [1.807, 2.05) is 12.1 Å². The highest BCUT2D eigenvalue weighted by Crippen LogP contribution is 2.16. The first kappa shape index (κ1) is 15.3. The van der Waals surface area contributed by atoms with E-state index in [0.29, 0.717) is 17.0 Å². The van der Waals surface area contributed by atoms with E-state index in [-0.39, 0.29) is 5.91 Å². The van der Waals surface area contributed by atoms with E-state index in [0.717, 1.165) is 3.57 Å². The van der Waals surface area contributed by atoms with Crippen molar-refractivity contribution >= 4 is 40.2 Å². The van der Waals surface area contributed by atoms with Gasteiger partial charge in [0, 0.05) is 14.8 Å². The molecule has 0 bridgehead atoms. The van der Waals surface area contributed by atoms with Gasteiger partial charge in [0.05, 0.1) is 5.97 Å². The van der Waals surface area contributed by atoms with Crippen molar-refractivity contribution in [2.24, 2.45) is 0 Å². The van der Waals surface area contributed by atoms with Crippen molar-refractivity contribution in [2.45, 2.75) is 0 Å². The maximum atomic E-state index is 12.0. The molecule has 1 amide bonds. The first-order chi connectivity index (χ1) is 10.0. The molecule has 0 unspecified atom stereocenters. The van der Waals surface area contributed by atoms with Crippen LogP contribution in [0.15, 0.2) is 48.5 Å². The summed E-state index contributed by atoms with van der Waals surface area (Å²) in [5, 5.41) is 13.0. The van der Waals surface area contributed by atoms with E-state index in [4.69, 9.17) is 4.74 Å². The van der Waals surface area contributed by atoms with Gasteiger partial charge < -0.3 is 20.0 Å². The number of carbonyl (C=O) groups excluding carboxylic acids is 2. The van der Waals surface area contributed by atoms with Crippen LogP contribution in [0.5, 0.6) is 5.75 Å². The van der Waals surface area contributed by atoms with Gasteiger partial charge in [-0.15, -0.1) is 0 Å². The molecular weight excluding hydrogens is 385 g/mol. The number of anilines is 1. The second kappa shape index (κ2) is 7.07. The fourth-order valence-corrected chi connectivity index (χ4v) is 1.94. The van der Waals surface area contributed by atoms with Gasteiger partial charge in [0.2, 0.25) is 0 Å². The van der Waals surface area contributed by atoms with E-state index in [9.17, 15) is 14.7 Å². The lowest BCUT2D eigenvalue weighted by molar-refractivity contribution is -0.307. The molecule has 0 radical (unpaired) electrons. The quantitative estimate of drug-likeness (QED) is 0.781. The Balaban J connectivity index is 1.98. The van der Waals surface area contributed by atoms with E-state index < -0.39 is 12.6 Å². The van der Waals surface area contributed by atoms with Crippen LogP contribution in [0.25, 0.3) is 0 Å². The molecule has 0 heterocycles. The van der Waals surface area contributed by atoms with Crippen LogP contribution in [0, 0.1) is 3.57 Å². The van der Waals surface area contributed by atoms with Gasteiger partial charge in [-0.1, -0.05) is 0 Å². The molecule has 0 spiro atoms. The lowest BCUT2D eigenvalue weighted by atomic mass is 10.2. The Labute approximate surface area is 135 Å². The molecule has 1 N–H and O–H groups in total. The van der Waals surface area contributed by atoms with Crippen LogP contribution in [0.2, 0.25) is 0 Å². The second-order valence-corrected chi connectivity index (χ2v) is 5.39. The molecule has 0 atom stereocenters. The van der Waals surface area contributed by atoms with Gasteiger partial charge >= 0.3 is 0 Å². The minimum absolute atomic E-state index is 0.213. The van der Waals surface area contributed by atoms with E-state index in [1.54, 1.807) is 36.4 Å². The van der Waals surface area contributed by atoms with E-state index >= 15 is 0 Å². The third-order valence-electron chi connectivity index (χ3n) is 2.58. The maximum Gasteiger partial charge on any atom is 0.255 e. The smallest absolute Gasteiger partial charge is 0.255 e. The molecule has 2 rings (SSSR count). The molecule has 21 heavy (non-hydrogen) atoms. The molecule has 0 fully saturated rings. The van der Waals surface area contributed by atoms with Gasteiger partial charge in [-0.25, -0.2) is 0 Å². The molecule has 2 aromatic rings. The van der Waals surface area contributed by atoms with Crippen molar-refractivity contribution in [3.05, 3.63) is 57.7 Å². The number of amides is 1.